The highest BCUT2D eigenvalue weighted by Crippen LogP contribution is 2.24. The Hall–Kier alpha value is -2.29. The normalized spacial score (nSPS) is 11.1. The van der Waals surface area contributed by atoms with Gasteiger partial charge in [0.15, 0.2) is 0 Å². The van der Waals surface area contributed by atoms with Gasteiger partial charge in [-0.2, -0.15) is 0 Å². The Morgan fingerprint density at radius 3 is 2.21 bits per heavy atom. The first-order valence-electron chi connectivity index (χ1n) is 6.22. The van der Waals surface area contributed by atoms with Gasteiger partial charge in [0.05, 0.1) is 10.9 Å². The lowest BCUT2D eigenvalue weighted by molar-refractivity contribution is 0.170. The molecule has 1 heterocycles. The predicted octanol–water partition coefficient (Wildman–Crippen LogP) is 2.83. The van der Waals surface area contributed by atoms with Crippen molar-refractivity contribution in [2.24, 2.45) is 0 Å². The molecule has 0 atom stereocenters. The van der Waals surface area contributed by atoms with Gasteiger partial charge in [0.25, 0.3) is 5.56 Å². The van der Waals surface area contributed by atoms with Crippen LogP contribution in [-0.2, 0) is 0 Å². The van der Waals surface area contributed by atoms with Crippen LogP contribution < -0.4 is 10.4 Å². The quantitative estimate of drug-likeness (QED) is 0.624. The minimum absolute atomic E-state index is 0.115. The fraction of sp³-hybridized carbons (Fsp3) is 0.188. The van der Waals surface area contributed by atoms with Crippen LogP contribution in [0.15, 0.2) is 41.2 Å². The molecular formula is C16H15NO2. The maximum Gasteiger partial charge on any atom is 0.291 e. The molecule has 0 unspecified atom stereocenters. The fourth-order valence-electron chi connectivity index (χ4n) is 2.50. The molecule has 0 bridgehead atoms. The molecule has 0 saturated heterocycles. The van der Waals surface area contributed by atoms with Gasteiger partial charge in [-0.15, -0.1) is 4.73 Å². The molecule has 0 aliphatic heterocycles. The molecule has 0 amide bonds. The number of aromatic nitrogens is 1. The van der Waals surface area contributed by atoms with Crippen molar-refractivity contribution in [3.8, 4) is 0 Å². The molecule has 0 aliphatic carbocycles. The van der Waals surface area contributed by atoms with Gasteiger partial charge in [0.2, 0.25) is 0 Å². The first kappa shape index (κ1) is 11.8. The van der Waals surface area contributed by atoms with E-state index in [0.717, 1.165) is 27.4 Å². The van der Waals surface area contributed by atoms with Crippen LogP contribution in [-0.4, -0.2) is 11.8 Å². The van der Waals surface area contributed by atoms with E-state index in [4.69, 9.17) is 4.84 Å². The van der Waals surface area contributed by atoms with Crippen LogP contribution in [0.2, 0.25) is 0 Å². The Bertz CT molecular complexity index is 847. The van der Waals surface area contributed by atoms with Crippen LogP contribution in [0, 0.1) is 13.8 Å². The van der Waals surface area contributed by atoms with E-state index < -0.39 is 0 Å². The van der Waals surface area contributed by atoms with Crippen molar-refractivity contribution < 1.29 is 4.84 Å². The van der Waals surface area contributed by atoms with Crippen LogP contribution in [0.3, 0.4) is 0 Å². The number of rotatable bonds is 1. The first-order chi connectivity index (χ1) is 9.11. The SMILES string of the molecule is COn1c(=O)c2ccc(C)cc2c2ccc(C)cc21. The molecule has 1 aromatic heterocycles. The van der Waals surface area contributed by atoms with Gasteiger partial charge in [-0.05, 0) is 36.9 Å². The molecule has 0 N–H and O–H groups in total. The van der Waals surface area contributed by atoms with E-state index in [1.165, 1.54) is 11.8 Å². The zero-order valence-corrected chi connectivity index (χ0v) is 11.2. The zero-order chi connectivity index (χ0) is 13.6. The van der Waals surface area contributed by atoms with Crippen molar-refractivity contribution >= 4 is 21.7 Å². The summed E-state index contributed by atoms with van der Waals surface area (Å²) in [6.45, 7) is 4.03. The lowest BCUT2D eigenvalue weighted by Gasteiger charge is -2.12. The number of hydrogen-bond donors (Lipinski definition) is 0. The van der Waals surface area contributed by atoms with Crippen LogP contribution in [0.25, 0.3) is 21.7 Å². The molecule has 0 saturated carbocycles. The lowest BCUT2D eigenvalue weighted by atomic mass is 10.0. The zero-order valence-electron chi connectivity index (χ0n) is 11.2. The minimum atomic E-state index is -0.115. The van der Waals surface area contributed by atoms with E-state index in [0.29, 0.717) is 5.39 Å². The van der Waals surface area contributed by atoms with Gasteiger partial charge in [-0.25, -0.2) is 0 Å². The smallest absolute Gasteiger partial charge is 0.291 e. The molecule has 3 rings (SSSR count). The Balaban J connectivity index is 2.65. The summed E-state index contributed by atoms with van der Waals surface area (Å²) in [7, 11) is 1.52. The summed E-state index contributed by atoms with van der Waals surface area (Å²) in [6.07, 6.45) is 0. The summed E-state index contributed by atoms with van der Waals surface area (Å²) in [5.41, 5.74) is 2.94. The number of hydrogen-bond acceptors (Lipinski definition) is 2. The minimum Gasteiger partial charge on any atom is -0.413 e. The second kappa shape index (κ2) is 4.12. The van der Waals surface area contributed by atoms with Gasteiger partial charge in [0.1, 0.15) is 7.11 Å². The molecular weight excluding hydrogens is 238 g/mol. The standard InChI is InChI=1S/C16H15NO2/c1-10-5-7-13-14(8-10)12-6-4-11(2)9-15(12)17(19-3)16(13)18/h4-9H,1-3H3. The molecule has 2 aromatic carbocycles. The van der Waals surface area contributed by atoms with Gasteiger partial charge >= 0.3 is 0 Å². The van der Waals surface area contributed by atoms with Crippen molar-refractivity contribution in [1.82, 2.24) is 4.73 Å². The molecule has 19 heavy (non-hydrogen) atoms. The third kappa shape index (κ3) is 1.70. The predicted molar refractivity (Wildman–Crippen MR) is 77.7 cm³/mol. The topological polar surface area (TPSA) is 31.2 Å². The summed E-state index contributed by atoms with van der Waals surface area (Å²) in [5.74, 6) is 0. The van der Waals surface area contributed by atoms with Gasteiger partial charge in [-0.1, -0.05) is 29.8 Å². The van der Waals surface area contributed by atoms with E-state index in [1.54, 1.807) is 0 Å². The Morgan fingerprint density at radius 2 is 1.53 bits per heavy atom. The molecule has 0 aliphatic rings. The van der Waals surface area contributed by atoms with E-state index in [2.05, 4.69) is 12.1 Å². The van der Waals surface area contributed by atoms with Crippen molar-refractivity contribution in [3.05, 3.63) is 57.9 Å². The van der Waals surface area contributed by atoms with E-state index in [9.17, 15) is 4.79 Å². The maximum absolute atomic E-state index is 12.4. The Labute approximate surface area is 111 Å². The summed E-state index contributed by atoms with van der Waals surface area (Å²) in [5, 5.41) is 2.70. The molecule has 3 heteroatoms. The van der Waals surface area contributed by atoms with E-state index >= 15 is 0 Å². The van der Waals surface area contributed by atoms with Crippen LogP contribution in [0.5, 0.6) is 0 Å². The van der Waals surface area contributed by atoms with E-state index in [-0.39, 0.29) is 5.56 Å². The molecule has 0 fully saturated rings. The largest absolute Gasteiger partial charge is 0.413 e. The average Bonchev–Trinajstić information content (AvgIpc) is 2.39. The van der Waals surface area contributed by atoms with Crippen molar-refractivity contribution in [2.75, 3.05) is 7.11 Å². The number of aryl methyl sites for hydroxylation is 2. The van der Waals surface area contributed by atoms with Crippen molar-refractivity contribution in [1.29, 1.82) is 0 Å². The Morgan fingerprint density at radius 1 is 0.895 bits per heavy atom. The highest BCUT2D eigenvalue weighted by Gasteiger charge is 2.11. The summed E-state index contributed by atoms with van der Waals surface area (Å²) in [4.78, 5) is 17.7. The summed E-state index contributed by atoms with van der Waals surface area (Å²) >= 11 is 0. The number of pyridine rings is 1. The average molecular weight is 253 g/mol. The lowest BCUT2D eigenvalue weighted by Crippen LogP contribution is -2.25. The highest BCUT2D eigenvalue weighted by molar-refractivity contribution is 6.05. The van der Waals surface area contributed by atoms with Crippen LogP contribution in [0.1, 0.15) is 11.1 Å². The van der Waals surface area contributed by atoms with Crippen molar-refractivity contribution in [3.63, 3.8) is 0 Å². The summed E-state index contributed by atoms with van der Waals surface area (Å²) in [6, 6.07) is 11.9. The second-order valence-corrected chi connectivity index (χ2v) is 4.85. The summed E-state index contributed by atoms with van der Waals surface area (Å²) < 4.78 is 1.36. The highest BCUT2D eigenvalue weighted by atomic mass is 16.6. The fourth-order valence-corrected chi connectivity index (χ4v) is 2.50. The molecule has 3 aromatic rings. The van der Waals surface area contributed by atoms with E-state index in [1.807, 2.05) is 38.1 Å². The monoisotopic (exact) mass is 253 g/mol. The number of fused-ring (bicyclic) bond motifs is 3. The van der Waals surface area contributed by atoms with Gasteiger partial charge in [0, 0.05) is 5.39 Å². The molecule has 3 nitrogen and oxygen atoms in total. The first-order valence-corrected chi connectivity index (χ1v) is 6.22. The van der Waals surface area contributed by atoms with Crippen LogP contribution >= 0.6 is 0 Å². The van der Waals surface area contributed by atoms with Gasteiger partial charge in [-0.3, -0.25) is 4.79 Å². The second-order valence-electron chi connectivity index (χ2n) is 4.85. The third-order valence-electron chi connectivity index (χ3n) is 3.43. The Kier molecular flexibility index (Phi) is 2.56. The molecule has 0 spiro atoms. The maximum atomic E-state index is 12.4. The molecule has 0 radical (unpaired) electrons. The number of nitrogens with zero attached hydrogens (tertiary/aromatic N) is 1. The molecule has 96 valence electrons. The number of benzene rings is 2. The van der Waals surface area contributed by atoms with Crippen molar-refractivity contribution in [2.45, 2.75) is 13.8 Å². The third-order valence-corrected chi connectivity index (χ3v) is 3.43. The van der Waals surface area contributed by atoms with Gasteiger partial charge < -0.3 is 4.84 Å². The van der Waals surface area contributed by atoms with Crippen LogP contribution in [0.4, 0.5) is 0 Å².